The third-order valence-electron chi connectivity index (χ3n) is 12.0. The minimum absolute atomic E-state index is 0.0770. The Labute approximate surface area is 342 Å². The normalized spacial score (nSPS) is 16.6. The lowest BCUT2D eigenvalue weighted by molar-refractivity contribution is -0.177. The molecule has 1 fully saturated rings. The van der Waals surface area contributed by atoms with Crippen molar-refractivity contribution in [3.8, 4) is 32.7 Å². The van der Waals surface area contributed by atoms with Crippen molar-refractivity contribution in [3.05, 3.63) is 160 Å². The summed E-state index contributed by atoms with van der Waals surface area (Å²) in [5.74, 6) is -0.504. The predicted octanol–water partition coefficient (Wildman–Crippen LogP) is 11.0. The number of carbonyl (C=O) groups excluding carboxylic acids is 2. The molecule has 7 nitrogen and oxygen atoms in total. The van der Waals surface area contributed by atoms with Crippen LogP contribution < -0.4 is 10.4 Å². The van der Waals surface area contributed by atoms with Gasteiger partial charge in [0.25, 0.3) is 5.91 Å². The van der Waals surface area contributed by atoms with Crippen molar-refractivity contribution < 1.29 is 23.9 Å². The van der Waals surface area contributed by atoms with Crippen molar-refractivity contribution in [1.29, 1.82) is 0 Å². The van der Waals surface area contributed by atoms with Crippen molar-refractivity contribution in [3.63, 3.8) is 0 Å². The second-order valence-corrected chi connectivity index (χ2v) is 16.6. The largest absolute Gasteiger partial charge is 0.449 e. The second kappa shape index (κ2) is 15.9. The lowest BCUT2D eigenvalue weighted by Crippen LogP contribution is -2.43. The van der Waals surface area contributed by atoms with Gasteiger partial charge in [-0.15, -0.1) is 11.3 Å². The number of ether oxygens (including phenoxy) is 2. The number of nitrogens with zero attached hydrogens (tertiary/aromatic N) is 1. The summed E-state index contributed by atoms with van der Waals surface area (Å²) >= 11 is 1.76. The number of hydrogen-bond donors (Lipinski definition) is 1. The number of anilines is 1. The van der Waals surface area contributed by atoms with E-state index >= 15 is 0 Å². The molecule has 1 atom stereocenters. The number of rotatable bonds is 9. The molecule has 58 heavy (non-hydrogen) atoms. The molecule has 6 aromatic rings. The van der Waals surface area contributed by atoms with E-state index in [2.05, 4.69) is 90.3 Å². The van der Waals surface area contributed by atoms with Gasteiger partial charge in [0, 0.05) is 28.7 Å². The number of amides is 2. The smallest absolute Gasteiger partial charge is 0.407 e. The lowest BCUT2D eigenvalue weighted by Gasteiger charge is -2.29. The Hall–Kier alpha value is -5.80. The molecule has 1 aromatic heterocycles. The van der Waals surface area contributed by atoms with E-state index in [1.807, 2.05) is 42.5 Å². The van der Waals surface area contributed by atoms with Gasteiger partial charge >= 0.3 is 6.09 Å². The van der Waals surface area contributed by atoms with Gasteiger partial charge in [-0.25, -0.2) is 9.63 Å². The molecule has 8 heteroatoms. The highest BCUT2D eigenvalue weighted by Gasteiger charge is 2.30. The molecule has 2 amide bonds. The van der Waals surface area contributed by atoms with E-state index in [9.17, 15) is 9.59 Å². The minimum Gasteiger partial charge on any atom is -0.449 e. The summed E-state index contributed by atoms with van der Waals surface area (Å²) in [7, 11) is 0. The zero-order chi connectivity index (χ0) is 39.0. The Kier molecular flexibility index (Phi) is 9.99. The van der Waals surface area contributed by atoms with Gasteiger partial charge < -0.3 is 14.8 Å². The van der Waals surface area contributed by atoms with Crippen LogP contribution in [0.1, 0.15) is 69.9 Å². The fraction of sp³-hybridized carbons (Fsp3) is 0.240. The van der Waals surface area contributed by atoms with Gasteiger partial charge in [0.15, 0.2) is 6.29 Å². The topological polar surface area (TPSA) is 77.1 Å². The van der Waals surface area contributed by atoms with Crippen LogP contribution in [0.5, 0.6) is 0 Å². The van der Waals surface area contributed by atoms with Crippen LogP contribution in [0.4, 0.5) is 10.5 Å². The number of hydroxylamine groups is 1. The highest BCUT2D eigenvalue weighted by molar-refractivity contribution is 7.16. The van der Waals surface area contributed by atoms with Crippen LogP contribution in [-0.4, -0.2) is 38.0 Å². The van der Waals surface area contributed by atoms with E-state index in [0.717, 1.165) is 71.2 Å². The van der Waals surface area contributed by atoms with E-state index in [1.54, 1.807) is 11.3 Å². The Bertz CT molecular complexity index is 2520. The molecule has 1 unspecified atom stereocenters. The minimum atomic E-state index is -0.659. The number of nitrogens with one attached hydrogen (secondary N) is 1. The van der Waals surface area contributed by atoms with Gasteiger partial charge in [0.05, 0.1) is 5.69 Å². The maximum Gasteiger partial charge on any atom is 0.407 e. The van der Waals surface area contributed by atoms with Crippen LogP contribution in [0.15, 0.2) is 121 Å². The molecule has 0 saturated carbocycles. The standard InChI is InChI=1S/C50H44N2O5S/c53-48(30-51-50(54)56-31-45-41-16-5-3-14-39(41)40-15-4-6-17-42(40)45)52(57-49-18-7-8-27-55-49)36-12-9-11-34(29-36)46-25-26-47(58-46)35-21-22-38-33(28-35)20-24-43-37-13-2-1-10-32(37)19-23-44(38)43/h1-6,9-17,20,24-26,28-29,45,49H,7-8,18-19,21-23,27,30-31H2,(H,51,54). The molecule has 0 bridgehead atoms. The molecule has 4 aliphatic rings. The first-order chi connectivity index (χ1) is 28.6. The molecule has 5 aromatic carbocycles. The number of hydrogen-bond acceptors (Lipinski definition) is 6. The number of allylic oxidation sites excluding steroid dienone is 1. The molecule has 1 N–H and O–H groups in total. The number of aryl methyl sites for hydroxylation is 1. The van der Waals surface area contributed by atoms with Crippen LogP contribution in [-0.2, 0) is 38.4 Å². The van der Waals surface area contributed by atoms with E-state index in [4.69, 9.17) is 14.3 Å². The van der Waals surface area contributed by atoms with Crippen LogP contribution in [0.3, 0.4) is 0 Å². The van der Waals surface area contributed by atoms with Crippen molar-refractivity contribution in [2.75, 3.05) is 24.8 Å². The summed E-state index contributed by atoms with van der Waals surface area (Å²) in [6.45, 7) is 0.428. The van der Waals surface area contributed by atoms with Crippen molar-refractivity contribution in [1.82, 2.24) is 5.32 Å². The molecule has 0 spiro atoms. The molecule has 290 valence electrons. The average molecular weight is 785 g/mol. The Morgan fingerprint density at radius 3 is 2.29 bits per heavy atom. The van der Waals surface area contributed by atoms with E-state index < -0.39 is 18.3 Å². The van der Waals surface area contributed by atoms with E-state index in [-0.39, 0.29) is 19.1 Å². The Morgan fingerprint density at radius 1 is 0.724 bits per heavy atom. The predicted molar refractivity (Wildman–Crippen MR) is 230 cm³/mol. The maximum atomic E-state index is 13.9. The van der Waals surface area contributed by atoms with Gasteiger partial charge in [-0.1, -0.05) is 103 Å². The number of carbonyl (C=O) groups is 2. The highest BCUT2D eigenvalue weighted by Crippen LogP contribution is 2.45. The average Bonchev–Trinajstić information content (AvgIpc) is 3.90. The Balaban J connectivity index is 0.840. The molecule has 10 rings (SSSR count). The molecule has 2 heterocycles. The number of benzene rings is 5. The third kappa shape index (κ3) is 7.06. The summed E-state index contributed by atoms with van der Waals surface area (Å²) in [4.78, 5) is 35.5. The monoisotopic (exact) mass is 784 g/mol. The van der Waals surface area contributed by atoms with Gasteiger partial charge in [0.1, 0.15) is 13.2 Å². The molecule has 0 radical (unpaired) electrons. The van der Waals surface area contributed by atoms with Crippen LogP contribution in [0.2, 0.25) is 0 Å². The molecule has 1 saturated heterocycles. The van der Waals surface area contributed by atoms with Crippen LogP contribution in [0, 0.1) is 0 Å². The molecule has 3 aliphatic carbocycles. The lowest BCUT2D eigenvalue weighted by atomic mass is 9.78. The second-order valence-electron chi connectivity index (χ2n) is 15.5. The quantitative estimate of drug-likeness (QED) is 0.148. The van der Waals surface area contributed by atoms with Gasteiger partial charge in [-0.2, -0.15) is 5.06 Å². The van der Waals surface area contributed by atoms with Crippen molar-refractivity contribution in [2.45, 2.75) is 57.2 Å². The molecule has 1 aliphatic heterocycles. The Morgan fingerprint density at radius 2 is 1.48 bits per heavy atom. The first kappa shape index (κ1) is 36.5. The van der Waals surface area contributed by atoms with Gasteiger partial charge in [-0.05, 0) is 130 Å². The summed E-state index contributed by atoms with van der Waals surface area (Å²) in [6.07, 6.45) is 7.96. The maximum absolute atomic E-state index is 13.9. The van der Waals surface area contributed by atoms with Crippen molar-refractivity contribution >= 4 is 40.7 Å². The van der Waals surface area contributed by atoms with Crippen LogP contribution in [0.25, 0.3) is 44.3 Å². The first-order valence-corrected chi connectivity index (χ1v) is 21.2. The molecular formula is C50H44N2O5S. The fourth-order valence-corrected chi connectivity index (χ4v) is 10.2. The summed E-state index contributed by atoms with van der Waals surface area (Å²) in [6, 6.07) is 42.1. The van der Waals surface area contributed by atoms with E-state index in [1.165, 1.54) is 48.9 Å². The third-order valence-corrected chi connectivity index (χ3v) is 13.2. The highest BCUT2D eigenvalue weighted by atomic mass is 32.1. The number of thiophene rings is 1. The fourth-order valence-electron chi connectivity index (χ4n) is 9.15. The number of fused-ring (bicyclic) bond motifs is 8. The summed E-state index contributed by atoms with van der Waals surface area (Å²) in [5.41, 5.74) is 16.0. The zero-order valence-corrected chi connectivity index (χ0v) is 33.1. The zero-order valence-electron chi connectivity index (χ0n) is 32.2. The van der Waals surface area contributed by atoms with E-state index in [0.29, 0.717) is 18.7 Å². The van der Waals surface area contributed by atoms with Gasteiger partial charge in [-0.3, -0.25) is 4.79 Å². The number of alkyl carbamates (subject to hydrolysis) is 1. The van der Waals surface area contributed by atoms with Crippen LogP contribution >= 0.6 is 11.3 Å². The van der Waals surface area contributed by atoms with Crippen molar-refractivity contribution in [2.24, 2.45) is 0 Å². The molecular weight excluding hydrogens is 741 g/mol. The summed E-state index contributed by atoms with van der Waals surface area (Å²) < 4.78 is 11.6. The van der Waals surface area contributed by atoms with Gasteiger partial charge in [0.2, 0.25) is 0 Å². The first-order valence-electron chi connectivity index (χ1n) is 20.4. The SMILES string of the molecule is O=C(NCC(=O)N(OC1CCCCO1)c1cccc(-c2ccc(C3=Cc4ccc5c(c4CC3)CCc3ccccc3-5)s2)c1)OCC1c2ccccc2-c2ccccc21. The summed E-state index contributed by atoms with van der Waals surface area (Å²) in [5, 5.41) is 3.95.